The fraction of sp³-hybridized carbons (Fsp3) is 0.923. The number of sulfonamides is 1. The highest BCUT2D eigenvalue weighted by molar-refractivity contribution is 7.90. The molecular formula is C13H22N2O2S. The van der Waals surface area contributed by atoms with Crippen molar-refractivity contribution < 1.29 is 8.42 Å². The van der Waals surface area contributed by atoms with Gasteiger partial charge in [0.25, 0.3) is 0 Å². The molecule has 102 valence electrons. The molecule has 0 spiro atoms. The van der Waals surface area contributed by atoms with Gasteiger partial charge in [-0.15, -0.1) is 0 Å². The van der Waals surface area contributed by atoms with E-state index in [-0.39, 0.29) is 0 Å². The van der Waals surface area contributed by atoms with Gasteiger partial charge in [-0.1, -0.05) is 26.2 Å². The molecule has 1 aliphatic carbocycles. The fourth-order valence-corrected chi connectivity index (χ4v) is 5.02. The summed E-state index contributed by atoms with van der Waals surface area (Å²) in [5.74, 6) is 1.24. The molecule has 1 saturated carbocycles. The summed E-state index contributed by atoms with van der Waals surface area (Å²) in [6, 6.07) is 1.93. The molecule has 2 rings (SSSR count). The minimum atomic E-state index is -3.40. The predicted molar refractivity (Wildman–Crippen MR) is 70.2 cm³/mol. The second kappa shape index (κ2) is 5.58. The number of nitrogens with zero attached hydrogens (tertiary/aromatic N) is 2. The summed E-state index contributed by atoms with van der Waals surface area (Å²) in [6.07, 6.45) is 6.29. The number of hydrogen-bond donors (Lipinski definition) is 0. The minimum absolute atomic E-state index is 0.378. The molecule has 0 aromatic rings. The largest absolute Gasteiger partial charge is 0.230 e. The van der Waals surface area contributed by atoms with Crippen molar-refractivity contribution >= 4 is 10.0 Å². The average molecular weight is 270 g/mol. The van der Waals surface area contributed by atoms with Crippen LogP contribution in [0.25, 0.3) is 0 Å². The van der Waals surface area contributed by atoms with Crippen LogP contribution in [0.1, 0.15) is 45.4 Å². The van der Waals surface area contributed by atoms with Gasteiger partial charge < -0.3 is 0 Å². The number of fused-ring (bicyclic) bond motifs is 1. The average Bonchev–Trinajstić information content (AvgIpc) is 2.39. The maximum Gasteiger partial charge on any atom is 0.230 e. The van der Waals surface area contributed by atoms with Crippen molar-refractivity contribution in [1.82, 2.24) is 4.31 Å². The second-order valence-corrected chi connectivity index (χ2v) is 7.64. The molecule has 1 aliphatic heterocycles. The summed E-state index contributed by atoms with van der Waals surface area (Å²) in [7, 11) is -3.40. The third-order valence-corrected chi connectivity index (χ3v) is 6.70. The van der Waals surface area contributed by atoms with E-state index in [9.17, 15) is 8.42 Å². The van der Waals surface area contributed by atoms with E-state index in [1.165, 1.54) is 19.3 Å². The molecule has 4 nitrogen and oxygen atoms in total. The molecule has 0 amide bonds. The monoisotopic (exact) mass is 270 g/mol. The molecule has 2 fully saturated rings. The van der Waals surface area contributed by atoms with Crippen LogP contribution in [-0.4, -0.2) is 31.1 Å². The SMILES string of the molecule is CCC(C#N)S(=O)(=O)N1CCC2CCCCC2C1. The van der Waals surface area contributed by atoms with E-state index in [4.69, 9.17) is 5.26 Å². The van der Waals surface area contributed by atoms with Crippen molar-refractivity contribution in [1.29, 1.82) is 5.26 Å². The smallest absolute Gasteiger partial charge is 0.211 e. The Kier molecular flexibility index (Phi) is 4.29. The highest BCUT2D eigenvalue weighted by Gasteiger charge is 2.38. The van der Waals surface area contributed by atoms with Crippen LogP contribution in [-0.2, 0) is 10.0 Å². The van der Waals surface area contributed by atoms with Crippen LogP contribution in [0.5, 0.6) is 0 Å². The summed E-state index contributed by atoms with van der Waals surface area (Å²) in [6.45, 7) is 3.02. The lowest BCUT2D eigenvalue weighted by molar-refractivity contribution is 0.136. The van der Waals surface area contributed by atoms with E-state index in [0.717, 1.165) is 12.8 Å². The Morgan fingerprint density at radius 2 is 1.94 bits per heavy atom. The first kappa shape index (κ1) is 13.8. The maximum absolute atomic E-state index is 12.3. The Balaban J connectivity index is 2.09. The van der Waals surface area contributed by atoms with Crippen molar-refractivity contribution in [3.05, 3.63) is 0 Å². The standard InChI is InChI=1S/C13H22N2O2S/c1-2-13(9-14)18(16,17)15-8-7-11-5-3-4-6-12(11)10-15/h11-13H,2-8,10H2,1H3. The highest BCUT2D eigenvalue weighted by atomic mass is 32.2. The number of rotatable bonds is 3. The van der Waals surface area contributed by atoms with Gasteiger partial charge in [0, 0.05) is 13.1 Å². The van der Waals surface area contributed by atoms with Crippen LogP contribution in [0.3, 0.4) is 0 Å². The summed E-state index contributed by atoms with van der Waals surface area (Å²) < 4.78 is 26.2. The van der Waals surface area contributed by atoms with E-state index >= 15 is 0 Å². The molecule has 0 N–H and O–H groups in total. The maximum atomic E-state index is 12.3. The molecule has 0 bridgehead atoms. The van der Waals surface area contributed by atoms with Gasteiger partial charge in [-0.2, -0.15) is 5.26 Å². The lowest BCUT2D eigenvalue weighted by Gasteiger charge is -2.41. The minimum Gasteiger partial charge on any atom is -0.211 e. The van der Waals surface area contributed by atoms with Crippen LogP contribution < -0.4 is 0 Å². The van der Waals surface area contributed by atoms with Crippen LogP contribution in [0, 0.1) is 23.2 Å². The van der Waals surface area contributed by atoms with Gasteiger partial charge in [0.1, 0.15) is 0 Å². The van der Waals surface area contributed by atoms with Crippen LogP contribution in [0.15, 0.2) is 0 Å². The Labute approximate surface area is 110 Å². The van der Waals surface area contributed by atoms with E-state index in [2.05, 4.69) is 0 Å². The topological polar surface area (TPSA) is 61.2 Å². The van der Waals surface area contributed by atoms with Gasteiger partial charge in [0.05, 0.1) is 6.07 Å². The van der Waals surface area contributed by atoms with Gasteiger partial charge in [-0.3, -0.25) is 0 Å². The fourth-order valence-electron chi connectivity index (χ4n) is 3.35. The van der Waals surface area contributed by atoms with E-state index in [0.29, 0.717) is 31.3 Å². The first-order valence-corrected chi connectivity index (χ1v) is 8.48. The molecule has 1 saturated heterocycles. The summed E-state index contributed by atoms with van der Waals surface area (Å²) >= 11 is 0. The Morgan fingerprint density at radius 3 is 2.56 bits per heavy atom. The van der Waals surface area contributed by atoms with Gasteiger partial charge in [0.2, 0.25) is 10.0 Å². The normalized spacial score (nSPS) is 31.3. The lowest BCUT2D eigenvalue weighted by atomic mass is 9.76. The molecule has 3 atom stereocenters. The van der Waals surface area contributed by atoms with Crippen molar-refractivity contribution in [2.24, 2.45) is 11.8 Å². The van der Waals surface area contributed by atoms with Crippen molar-refractivity contribution in [2.75, 3.05) is 13.1 Å². The molecule has 0 radical (unpaired) electrons. The summed E-state index contributed by atoms with van der Waals surface area (Å²) in [5.41, 5.74) is 0. The van der Waals surface area contributed by atoms with Crippen LogP contribution in [0.2, 0.25) is 0 Å². The summed E-state index contributed by atoms with van der Waals surface area (Å²) in [5, 5.41) is 8.11. The number of hydrogen-bond acceptors (Lipinski definition) is 3. The molecule has 1 heterocycles. The van der Waals surface area contributed by atoms with Gasteiger partial charge in [0.15, 0.2) is 5.25 Å². The van der Waals surface area contributed by atoms with E-state index in [1.54, 1.807) is 11.2 Å². The zero-order chi connectivity index (χ0) is 13.2. The molecule has 0 aromatic heterocycles. The first-order chi connectivity index (χ1) is 8.59. The molecule has 3 unspecified atom stereocenters. The first-order valence-electron chi connectivity index (χ1n) is 6.98. The molecule has 18 heavy (non-hydrogen) atoms. The Morgan fingerprint density at radius 1 is 1.28 bits per heavy atom. The Bertz CT molecular complexity index is 427. The zero-order valence-corrected chi connectivity index (χ0v) is 11.8. The third-order valence-electron chi connectivity index (χ3n) is 4.49. The van der Waals surface area contributed by atoms with Crippen LogP contribution >= 0.6 is 0 Å². The predicted octanol–water partition coefficient (Wildman–Crippen LogP) is 2.13. The van der Waals surface area contributed by atoms with Gasteiger partial charge >= 0.3 is 0 Å². The highest BCUT2D eigenvalue weighted by Crippen LogP contribution is 2.37. The van der Waals surface area contributed by atoms with Crippen molar-refractivity contribution in [3.63, 3.8) is 0 Å². The number of piperidine rings is 1. The molecule has 0 aromatic carbocycles. The molecule has 2 aliphatic rings. The third kappa shape index (κ3) is 2.55. The van der Waals surface area contributed by atoms with Crippen LogP contribution in [0.4, 0.5) is 0 Å². The zero-order valence-electron chi connectivity index (χ0n) is 11.0. The number of nitriles is 1. The quantitative estimate of drug-likeness (QED) is 0.789. The van der Waals surface area contributed by atoms with Gasteiger partial charge in [-0.05, 0) is 31.1 Å². The van der Waals surface area contributed by atoms with Crippen molar-refractivity contribution in [3.8, 4) is 6.07 Å². The van der Waals surface area contributed by atoms with E-state index in [1.807, 2.05) is 6.07 Å². The van der Waals surface area contributed by atoms with E-state index < -0.39 is 15.3 Å². The lowest BCUT2D eigenvalue weighted by Crippen LogP contribution is -2.47. The molecule has 5 heteroatoms. The Hall–Kier alpha value is -0.600. The molecular weight excluding hydrogens is 248 g/mol. The second-order valence-electron chi connectivity index (χ2n) is 5.52. The van der Waals surface area contributed by atoms with Crippen molar-refractivity contribution in [2.45, 2.75) is 50.7 Å². The summed E-state index contributed by atoms with van der Waals surface area (Å²) in [4.78, 5) is 0. The van der Waals surface area contributed by atoms with Gasteiger partial charge in [-0.25, -0.2) is 12.7 Å².